The second kappa shape index (κ2) is 4.00. The maximum Gasteiger partial charge on any atom is 0.115 e. The van der Waals surface area contributed by atoms with Crippen molar-refractivity contribution < 1.29 is 5.11 Å². The molecule has 0 amide bonds. The van der Waals surface area contributed by atoms with Crippen molar-refractivity contribution >= 4 is 22.6 Å². The Morgan fingerprint density at radius 1 is 0.857 bits per heavy atom. The van der Waals surface area contributed by atoms with Crippen molar-refractivity contribution in [1.29, 1.82) is 0 Å². The van der Waals surface area contributed by atoms with E-state index >= 15 is 0 Å². The van der Waals surface area contributed by atoms with E-state index in [9.17, 15) is 0 Å². The second-order valence-electron chi connectivity index (χ2n) is 3.06. The zero-order chi connectivity index (χ0) is 9.97. The quantitative estimate of drug-likeness (QED) is 0.796. The summed E-state index contributed by atoms with van der Waals surface area (Å²) in [5.41, 5.74) is 2.30. The second-order valence-corrected chi connectivity index (χ2v) is 4.30. The molecule has 0 unspecified atom stereocenters. The Hall–Kier alpha value is -1.03. The maximum absolute atomic E-state index is 9.16. The molecular weight excluding hydrogens is 287 g/mol. The Morgan fingerprint density at radius 2 is 1.57 bits per heavy atom. The molecule has 1 N–H and O–H groups in total. The average Bonchev–Trinajstić information content (AvgIpc) is 2.19. The molecule has 0 fully saturated rings. The lowest BCUT2D eigenvalue weighted by molar-refractivity contribution is 0.475. The van der Waals surface area contributed by atoms with Gasteiger partial charge in [0, 0.05) is 3.57 Å². The summed E-state index contributed by atoms with van der Waals surface area (Å²) in [4.78, 5) is 0. The molecule has 0 aromatic heterocycles. The molecule has 70 valence electrons. The first-order valence-corrected chi connectivity index (χ1v) is 5.38. The van der Waals surface area contributed by atoms with Crippen molar-refractivity contribution in [2.45, 2.75) is 0 Å². The van der Waals surface area contributed by atoms with E-state index in [-0.39, 0.29) is 0 Å². The Bertz CT molecular complexity index is 434. The molecule has 14 heavy (non-hydrogen) atoms. The predicted molar refractivity (Wildman–Crippen MR) is 66.3 cm³/mol. The van der Waals surface area contributed by atoms with Crippen LogP contribution in [-0.4, -0.2) is 5.11 Å². The smallest absolute Gasteiger partial charge is 0.115 e. The molecule has 0 heterocycles. The van der Waals surface area contributed by atoms with Crippen LogP contribution in [0.25, 0.3) is 11.1 Å². The van der Waals surface area contributed by atoms with E-state index < -0.39 is 0 Å². The summed E-state index contributed by atoms with van der Waals surface area (Å²) in [6, 6.07) is 15.5. The summed E-state index contributed by atoms with van der Waals surface area (Å²) in [5.74, 6) is 0.305. The van der Waals surface area contributed by atoms with E-state index in [1.54, 1.807) is 12.1 Å². The average molecular weight is 296 g/mol. The lowest BCUT2D eigenvalue weighted by atomic mass is 10.1. The van der Waals surface area contributed by atoms with Crippen LogP contribution < -0.4 is 0 Å². The highest BCUT2D eigenvalue weighted by atomic mass is 127. The fraction of sp³-hybridized carbons (Fsp3) is 0. The largest absolute Gasteiger partial charge is 0.508 e. The summed E-state index contributed by atoms with van der Waals surface area (Å²) in [5, 5.41) is 9.16. The van der Waals surface area contributed by atoms with Crippen molar-refractivity contribution in [1.82, 2.24) is 0 Å². The van der Waals surface area contributed by atoms with Crippen LogP contribution >= 0.6 is 22.6 Å². The van der Waals surface area contributed by atoms with Crippen molar-refractivity contribution in [3.63, 3.8) is 0 Å². The minimum atomic E-state index is 0.305. The van der Waals surface area contributed by atoms with Gasteiger partial charge in [-0.05, 0) is 58.0 Å². The SMILES string of the molecule is Oc1ccc(-c2cccc(I)c2)cc1. The molecule has 2 heteroatoms. The van der Waals surface area contributed by atoms with Crippen LogP contribution in [0, 0.1) is 3.57 Å². The summed E-state index contributed by atoms with van der Waals surface area (Å²) in [6.45, 7) is 0. The minimum Gasteiger partial charge on any atom is -0.508 e. The highest BCUT2D eigenvalue weighted by Gasteiger charge is 1.97. The van der Waals surface area contributed by atoms with Crippen LogP contribution in [0.2, 0.25) is 0 Å². The minimum absolute atomic E-state index is 0.305. The van der Waals surface area contributed by atoms with Gasteiger partial charge in [0.25, 0.3) is 0 Å². The van der Waals surface area contributed by atoms with Gasteiger partial charge in [-0.3, -0.25) is 0 Å². The van der Waals surface area contributed by atoms with E-state index in [4.69, 9.17) is 5.11 Å². The topological polar surface area (TPSA) is 20.2 Å². The third-order valence-electron chi connectivity index (χ3n) is 2.03. The zero-order valence-corrected chi connectivity index (χ0v) is 9.60. The van der Waals surface area contributed by atoms with Crippen molar-refractivity contribution in [3.8, 4) is 16.9 Å². The number of benzene rings is 2. The van der Waals surface area contributed by atoms with Gasteiger partial charge in [0.2, 0.25) is 0 Å². The molecule has 0 radical (unpaired) electrons. The molecule has 0 aliphatic carbocycles. The summed E-state index contributed by atoms with van der Waals surface area (Å²) in [7, 11) is 0. The Labute approximate surface area is 96.5 Å². The number of rotatable bonds is 1. The summed E-state index contributed by atoms with van der Waals surface area (Å²) >= 11 is 2.29. The lowest BCUT2D eigenvalue weighted by Crippen LogP contribution is -1.77. The monoisotopic (exact) mass is 296 g/mol. The highest BCUT2D eigenvalue weighted by molar-refractivity contribution is 14.1. The number of halogens is 1. The number of phenolic OH excluding ortho intramolecular Hbond substituents is 1. The molecule has 2 aromatic rings. The van der Waals surface area contributed by atoms with Crippen molar-refractivity contribution in [2.24, 2.45) is 0 Å². The number of hydrogen-bond donors (Lipinski definition) is 1. The maximum atomic E-state index is 9.16. The number of phenols is 1. The summed E-state index contributed by atoms with van der Waals surface area (Å²) in [6.07, 6.45) is 0. The van der Waals surface area contributed by atoms with Gasteiger partial charge in [-0.1, -0.05) is 24.3 Å². The molecule has 2 aromatic carbocycles. The van der Waals surface area contributed by atoms with E-state index in [1.165, 1.54) is 9.13 Å². The molecule has 0 bridgehead atoms. The number of hydrogen-bond acceptors (Lipinski definition) is 1. The van der Waals surface area contributed by atoms with Gasteiger partial charge in [-0.25, -0.2) is 0 Å². The van der Waals surface area contributed by atoms with E-state index in [1.807, 2.05) is 18.2 Å². The molecule has 2 rings (SSSR count). The van der Waals surface area contributed by atoms with Gasteiger partial charge in [-0.2, -0.15) is 0 Å². The van der Waals surface area contributed by atoms with Crippen LogP contribution in [0.1, 0.15) is 0 Å². The van der Waals surface area contributed by atoms with Gasteiger partial charge >= 0.3 is 0 Å². The van der Waals surface area contributed by atoms with Crippen LogP contribution in [0.15, 0.2) is 48.5 Å². The third kappa shape index (κ3) is 2.07. The molecule has 0 spiro atoms. The van der Waals surface area contributed by atoms with Gasteiger partial charge in [-0.15, -0.1) is 0 Å². The van der Waals surface area contributed by atoms with E-state index in [2.05, 4.69) is 40.8 Å². The zero-order valence-electron chi connectivity index (χ0n) is 7.44. The fourth-order valence-electron chi connectivity index (χ4n) is 1.32. The van der Waals surface area contributed by atoms with Gasteiger partial charge < -0.3 is 5.11 Å². The Morgan fingerprint density at radius 3 is 2.21 bits per heavy atom. The van der Waals surface area contributed by atoms with E-state index in [0.717, 1.165) is 5.56 Å². The molecular formula is C12H9IO. The van der Waals surface area contributed by atoms with Crippen LogP contribution in [-0.2, 0) is 0 Å². The molecule has 0 atom stereocenters. The Balaban J connectivity index is 2.44. The van der Waals surface area contributed by atoms with Crippen molar-refractivity contribution in [3.05, 3.63) is 52.1 Å². The van der Waals surface area contributed by atoms with Gasteiger partial charge in [0.15, 0.2) is 0 Å². The first-order valence-electron chi connectivity index (χ1n) is 4.31. The first-order chi connectivity index (χ1) is 6.75. The predicted octanol–water partition coefficient (Wildman–Crippen LogP) is 3.66. The van der Waals surface area contributed by atoms with Gasteiger partial charge in [0.05, 0.1) is 0 Å². The molecule has 0 aliphatic rings. The standard InChI is InChI=1S/C12H9IO/c13-11-3-1-2-10(8-11)9-4-6-12(14)7-5-9/h1-8,14H. The van der Waals surface area contributed by atoms with E-state index in [0.29, 0.717) is 5.75 Å². The van der Waals surface area contributed by atoms with Gasteiger partial charge in [0.1, 0.15) is 5.75 Å². The summed E-state index contributed by atoms with van der Waals surface area (Å²) < 4.78 is 1.22. The fourth-order valence-corrected chi connectivity index (χ4v) is 1.87. The molecule has 0 saturated heterocycles. The third-order valence-corrected chi connectivity index (χ3v) is 2.70. The molecule has 0 aliphatic heterocycles. The normalized spacial score (nSPS) is 10.1. The molecule has 0 saturated carbocycles. The van der Waals surface area contributed by atoms with Crippen LogP contribution in [0.5, 0.6) is 5.75 Å². The van der Waals surface area contributed by atoms with Crippen LogP contribution in [0.3, 0.4) is 0 Å². The molecule has 1 nitrogen and oxygen atoms in total. The lowest BCUT2D eigenvalue weighted by Gasteiger charge is -2.01. The highest BCUT2D eigenvalue weighted by Crippen LogP contribution is 2.23. The van der Waals surface area contributed by atoms with Crippen LogP contribution in [0.4, 0.5) is 0 Å². The first kappa shape index (κ1) is 9.52. The Kier molecular flexibility index (Phi) is 2.72. The number of aromatic hydroxyl groups is 1. The van der Waals surface area contributed by atoms with Crippen molar-refractivity contribution in [2.75, 3.05) is 0 Å².